The molecule has 8 nitrogen and oxygen atoms in total. The first kappa shape index (κ1) is 23.3. The summed E-state index contributed by atoms with van der Waals surface area (Å²) in [7, 11) is 0. The predicted octanol–water partition coefficient (Wildman–Crippen LogP) is 2.67. The van der Waals surface area contributed by atoms with Gasteiger partial charge in [-0.05, 0) is 43.9 Å². The van der Waals surface area contributed by atoms with Gasteiger partial charge in [-0.1, -0.05) is 60.3 Å². The zero-order chi connectivity index (χ0) is 23.1. The molecule has 3 rings (SSSR count). The second-order valence-electron chi connectivity index (χ2n) is 7.49. The Morgan fingerprint density at radius 1 is 1.09 bits per heavy atom. The average molecular weight is 454 g/mol. The highest BCUT2D eigenvalue weighted by molar-refractivity contribution is 8.00. The Hall–Kier alpha value is -3.33. The van der Waals surface area contributed by atoms with Crippen molar-refractivity contribution in [3.05, 3.63) is 75.7 Å². The van der Waals surface area contributed by atoms with Gasteiger partial charge in [0.2, 0.25) is 11.8 Å². The van der Waals surface area contributed by atoms with Crippen LogP contribution in [-0.4, -0.2) is 38.4 Å². The minimum Gasteiger partial charge on any atom is -0.346 e. The van der Waals surface area contributed by atoms with Crippen molar-refractivity contribution in [1.82, 2.24) is 20.1 Å². The number of aromatic amines is 1. The van der Waals surface area contributed by atoms with E-state index in [1.54, 1.807) is 6.92 Å². The van der Waals surface area contributed by atoms with Crippen LogP contribution in [0.3, 0.4) is 0 Å². The third-order valence-corrected chi connectivity index (χ3v) is 6.10. The van der Waals surface area contributed by atoms with Gasteiger partial charge >= 0.3 is 5.69 Å². The van der Waals surface area contributed by atoms with E-state index in [0.29, 0.717) is 18.1 Å². The summed E-state index contributed by atoms with van der Waals surface area (Å²) >= 11 is 1.17. The third kappa shape index (κ3) is 6.10. The Morgan fingerprint density at radius 3 is 2.47 bits per heavy atom. The van der Waals surface area contributed by atoms with Crippen molar-refractivity contribution in [2.24, 2.45) is 0 Å². The zero-order valence-electron chi connectivity index (χ0n) is 18.3. The van der Waals surface area contributed by atoms with Gasteiger partial charge in [-0.25, -0.2) is 9.89 Å². The maximum Gasteiger partial charge on any atom is 0.343 e. The molecule has 1 aromatic heterocycles. The molecule has 0 saturated heterocycles. The van der Waals surface area contributed by atoms with Gasteiger partial charge in [-0.15, -0.1) is 5.10 Å². The van der Waals surface area contributed by atoms with Gasteiger partial charge in [0, 0.05) is 12.2 Å². The molecule has 3 aromatic rings. The summed E-state index contributed by atoms with van der Waals surface area (Å²) < 4.78 is 1.52. The van der Waals surface area contributed by atoms with Crippen molar-refractivity contribution in [3.8, 4) is 0 Å². The largest absolute Gasteiger partial charge is 0.346 e. The lowest BCUT2D eigenvalue weighted by Gasteiger charge is -2.14. The second kappa shape index (κ2) is 10.8. The van der Waals surface area contributed by atoms with Crippen LogP contribution in [0.25, 0.3) is 0 Å². The fourth-order valence-corrected chi connectivity index (χ4v) is 4.10. The van der Waals surface area contributed by atoms with Crippen LogP contribution in [0, 0.1) is 13.8 Å². The van der Waals surface area contributed by atoms with Gasteiger partial charge in [-0.3, -0.25) is 14.2 Å². The molecule has 0 saturated carbocycles. The number of rotatable bonds is 9. The van der Waals surface area contributed by atoms with Crippen LogP contribution >= 0.6 is 11.8 Å². The number of anilines is 1. The number of aryl methyl sites for hydroxylation is 3. The van der Waals surface area contributed by atoms with Crippen molar-refractivity contribution in [3.63, 3.8) is 0 Å². The molecule has 2 amide bonds. The summed E-state index contributed by atoms with van der Waals surface area (Å²) in [5.41, 5.74) is 3.47. The molecule has 0 aliphatic rings. The van der Waals surface area contributed by atoms with E-state index in [1.807, 2.05) is 62.4 Å². The Labute approximate surface area is 190 Å². The standard InChI is InChI=1S/C23H27N5O3S/c1-15-8-7-9-16(2)20(15)25-19(29)14-24-21(30)17(3)32-23-27-26-22(31)28(23)13-12-18-10-5-4-6-11-18/h4-11,17H,12-14H2,1-3H3,(H,24,30)(H,25,29)(H,26,31)/t17-/m0/s1. The number of nitrogens with one attached hydrogen (secondary N) is 3. The van der Waals surface area contributed by atoms with E-state index in [2.05, 4.69) is 20.8 Å². The normalized spacial score (nSPS) is 11.7. The van der Waals surface area contributed by atoms with Crippen LogP contribution in [0.2, 0.25) is 0 Å². The van der Waals surface area contributed by atoms with Crippen LogP contribution in [0.4, 0.5) is 5.69 Å². The lowest BCUT2D eigenvalue weighted by atomic mass is 10.1. The van der Waals surface area contributed by atoms with Gasteiger partial charge in [0.1, 0.15) is 0 Å². The number of hydrogen-bond donors (Lipinski definition) is 3. The van der Waals surface area contributed by atoms with E-state index in [0.717, 1.165) is 22.4 Å². The lowest BCUT2D eigenvalue weighted by Crippen LogP contribution is -2.37. The molecule has 0 aliphatic carbocycles. The van der Waals surface area contributed by atoms with Crippen LogP contribution < -0.4 is 16.3 Å². The molecule has 32 heavy (non-hydrogen) atoms. The maximum atomic E-state index is 12.5. The number of H-pyrrole nitrogens is 1. The Morgan fingerprint density at radius 2 is 1.78 bits per heavy atom. The number of aromatic nitrogens is 3. The molecular formula is C23H27N5O3S. The highest BCUT2D eigenvalue weighted by Gasteiger charge is 2.20. The fourth-order valence-electron chi connectivity index (χ4n) is 3.19. The molecule has 9 heteroatoms. The summed E-state index contributed by atoms with van der Waals surface area (Å²) in [5.74, 6) is -0.607. The Bertz CT molecular complexity index is 1120. The van der Waals surface area contributed by atoms with Crippen LogP contribution in [0.1, 0.15) is 23.6 Å². The molecule has 168 valence electrons. The first-order valence-corrected chi connectivity index (χ1v) is 11.2. The maximum absolute atomic E-state index is 12.5. The van der Waals surface area contributed by atoms with Crippen LogP contribution in [-0.2, 0) is 22.6 Å². The predicted molar refractivity (Wildman–Crippen MR) is 126 cm³/mol. The zero-order valence-corrected chi connectivity index (χ0v) is 19.2. The SMILES string of the molecule is Cc1cccc(C)c1NC(=O)CNC(=O)[C@H](C)Sc1n[nH]c(=O)n1CCc1ccccc1. The highest BCUT2D eigenvalue weighted by Crippen LogP contribution is 2.21. The lowest BCUT2D eigenvalue weighted by molar-refractivity contribution is -0.123. The van der Waals surface area contributed by atoms with Crippen molar-refractivity contribution in [2.45, 2.75) is 44.1 Å². The topological polar surface area (TPSA) is 109 Å². The van der Waals surface area contributed by atoms with Crippen molar-refractivity contribution in [2.75, 3.05) is 11.9 Å². The van der Waals surface area contributed by atoms with E-state index < -0.39 is 5.25 Å². The van der Waals surface area contributed by atoms with Gasteiger partial charge in [0.05, 0.1) is 11.8 Å². The van der Waals surface area contributed by atoms with Gasteiger partial charge in [-0.2, -0.15) is 0 Å². The van der Waals surface area contributed by atoms with E-state index in [-0.39, 0.29) is 24.0 Å². The number of hydrogen-bond acceptors (Lipinski definition) is 5. The Kier molecular flexibility index (Phi) is 7.88. The van der Waals surface area contributed by atoms with Gasteiger partial charge in [0.25, 0.3) is 0 Å². The summed E-state index contributed by atoms with van der Waals surface area (Å²) in [6.07, 6.45) is 0.674. The minimum absolute atomic E-state index is 0.140. The van der Waals surface area contributed by atoms with Crippen molar-refractivity contribution >= 4 is 29.3 Å². The number of carbonyl (C=O) groups excluding carboxylic acids is 2. The Balaban J connectivity index is 1.53. The van der Waals surface area contributed by atoms with Crippen LogP contribution in [0.5, 0.6) is 0 Å². The number of para-hydroxylation sites is 1. The number of benzene rings is 2. The van der Waals surface area contributed by atoms with E-state index in [9.17, 15) is 14.4 Å². The van der Waals surface area contributed by atoms with Crippen molar-refractivity contribution < 1.29 is 9.59 Å². The van der Waals surface area contributed by atoms with Crippen molar-refractivity contribution in [1.29, 1.82) is 0 Å². The first-order chi connectivity index (χ1) is 15.3. The first-order valence-electron chi connectivity index (χ1n) is 10.3. The molecule has 2 aromatic carbocycles. The molecule has 0 bridgehead atoms. The fraction of sp³-hybridized carbons (Fsp3) is 0.304. The molecule has 1 atom stereocenters. The molecule has 0 unspecified atom stereocenters. The third-order valence-electron chi connectivity index (χ3n) is 5.01. The molecule has 3 N–H and O–H groups in total. The number of amides is 2. The smallest absolute Gasteiger partial charge is 0.343 e. The summed E-state index contributed by atoms with van der Waals surface area (Å²) in [6.45, 7) is 5.86. The summed E-state index contributed by atoms with van der Waals surface area (Å²) in [6, 6.07) is 15.6. The highest BCUT2D eigenvalue weighted by atomic mass is 32.2. The average Bonchev–Trinajstić information content (AvgIpc) is 3.12. The van der Waals surface area contributed by atoms with E-state index >= 15 is 0 Å². The molecule has 1 heterocycles. The minimum atomic E-state index is -0.534. The monoisotopic (exact) mass is 453 g/mol. The second-order valence-corrected chi connectivity index (χ2v) is 8.80. The number of thioether (sulfide) groups is 1. The molecular weight excluding hydrogens is 426 g/mol. The number of nitrogens with zero attached hydrogens (tertiary/aromatic N) is 2. The van der Waals surface area contributed by atoms with E-state index in [4.69, 9.17) is 0 Å². The van der Waals surface area contributed by atoms with Gasteiger partial charge < -0.3 is 10.6 Å². The van der Waals surface area contributed by atoms with Crippen LogP contribution in [0.15, 0.2) is 58.5 Å². The summed E-state index contributed by atoms with van der Waals surface area (Å²) in [5, 5.41) is 11.9. The van der Waals surface area contributed by atoms with E-state index in [1.165, 1.54) is 16.3 Å². The van der Waals surface area contributed by atoms with Gasteiger partial charge in [0.15, 0.2) is 5.16 Å². The molecule has 0 spiro atoms. The quantitative estimate of drug-likeness (QED) is 0.432. The number of carbonyl (C=O) groups is 2. The summed E-state index contributed by atoms with van der Waals surface area (Å²) in [4.78, 5) is 36.9. The molecule has 0 radical (unpaired) electrons. The molecule has 0 aliphatic heterocycles. The molecule has 0 fully saturated rings.